The molecule has 16 heteroatoms. The molecule has 6 rings (SSSR count). The van der Waals surface area contributed by atoms with Crippen LogP contribution in [-0.4, -0.2) is 131 Å². The van der Waals surface area contributed by atoms with E-state index < -0.39 is 24.3 Å². The van der Waals surface area contributed by atoms with Crippen molar-refractivity contribution in [3.63, 3.8) is 0 Å². The lowest BCUT2D eigenvalue weighted by Crippen LogP contribution is -2.51. The van der Waals surface area contributed by atoms with Gasteiger partial charge in [0.15, 0.2) is 0 Å². The van der Waals surface area contributed by atoms with Gasteiger partial charge in [-0.3, -0.25) is 14.5 Å². The Bertz CT molecular complexity index is 1930. The predicted octanol–water partition coefficient (Wildman–Crippen LogP) is 4.46. The average Bonchev–Trinajstić information content (AvgIpc) is 4.03. The molecule has 4 heterocycles. The van der Waals surface area contributed by atoms with Crippen molar-refractivity contribution >= 4 is 24.0 Å². The number of nitrogens with zero attached hydrogens (tertiary/aromatic N) is 5. The second-order valence-electron chi connectivity index (χ2n) is 13.4. The number of benzene rings is 2. The molecular formula is C38H46N8O8. The summed E-state index contributed by atoms with van der Waals surface area (Å²) in [6.07, 6.45) is 4.69. The van der Waals surface area contributed by atoms with Crippen LogP contribution in [0.25, 0.3) is 33.6 Å². The van der Waals surface area contributed by atoms with Crippen molar-refractivity contribution in [2.75, 3.05) is 54.7 Å². The fourth-order valence-corrected chi connectivity index (χ4v) is 7.19. The first kappa shape index (κ1) is 38.0. The van der Waals surface area contributed by atoms with Crippen LogP contribution in [0.2, 0.25) is 0 Å². The van der Waals surface area contributed by atoms with E-state index in [0.717, 1.165) is 57.8 Å². The van der Waals surface area contributed by atoms with Crippen LogP contribution in [0.3, 0.4) is 0 Å². The third-order valence-corrected chi connectivity index (χ3v) is 10.1. The number of carbonyl (C=O) groups is 4. The highest BCUT2D eigenvalue weighted by Gasteiger charge is 2.39. The highest BCUT2D eigenvalue weighted by atomic mass is 16.5. The monoisotopic (exact) mass is 742 g/mol. The van der Waals surface area contributed by atoms with E-state index in [1.807, 2.05) is 48.5 Å². The summed E-state index contributed by atoms with van der Waals surface area (Å²) >= 11 is 0. The van der Waals surface area contributed by atoms with Crippen molar-refractivity contribution in [1.82, 2.24) is 40.0 Å². The van der Waals surface area contributed by atoms with Gasteiger partial charge >= 0.3 is 12.2 Å². The zero-order chi connectivity index (χ0) is 38.4. The molecule has 286 valence electrons. The van der Waals surface area contributed by atoms with Crippen LogP contribution >= 0.6 is 0 Å². The van der Waals surface area contributed by atoms with Gasteiger partial charge in [-0.05, 0) is 47.9 Å². The van der Waals surface area contributed by atoms with Crippen LogP contribution in [0.5, 0.6) is 0 Å². The summed E-state index contributed by atoms with van der Waals surface area (Å²) < 4.78 is 15.0. The van der Waals surface area contributed by atoms with E-state index in [-0.39, 0.29) is 37.1 Å². The predicted molar refractivity (Wildman–Crippen MR) is 197 cm³/mol. The highest BCUT2D eigenvalue weighted by Crippen LogP contribution is 2.35. The molecule has 0 saturated carbocycles. The molecule has 2 fully saturated rings. The number of ether oxygens (including phenoxy) is 3. The smallest absolute Gasteiger partial charge is 0.407 e. The van der Waals surface area contributed by atoms with Crippen LogP contribution in [0.1, 0.15) is 49.4 Å². The van der Waals surface area contributed by atoms with E-state index in [2.05, 4.69) is 30.0 Å². The summed E-state index contributed by atoms with van der Waals surface area (Å²) in [5.74, 6) is 0.781. The lowest BCUT2D eigenvalue weighted by molar-refractivity contribution is -0.139. The van der Waals surface area contributed by atoms with Gasteiger partial charge in [-0.2, -0.15) is 0 Å². The first-order chi connectivity index (χ1) is 26.1. The number of amides is 4. The Morgan fingerprint density at radius 2 is 1.24 bits per heavy atom. The number of hydrogen-bond acceptors (Lipinski definition) is 9. The van der Waals surface area contributed by atoms with Crippen LogP contribution in [-0.2, 0) is 23.8 Å². The Labute approximate surface area is 312 Å². The number of nitrogens with one attached hydrogen (secondary N) is 3. The number of hydrogen-bond donors (Lipinski definition) is 4. The maximum Gasteiger partial charge on any atom is 0.407 e. The van der Waals surface area contributed by atoms with Gasteiger partial charge < -0.3 is 44.4 Å². The maximum atomic E-state index is 13.4. The van der Waals surface area contributed by atoms with Gasteiger partial charge in [0.05, 0.1) is 56.2 Å². The van der Waals surface area contributed by atoms with E-state index >= 15 is 0 Å². The van der Waals surface area contributed by atoms with Crippen LogP contribution in [0, 0.1) is 0 Å². The number of carbonyl (C=O) groups excluding carboxylic acids is 3. The molecule has 4 N–H and O–H groups in total. The van der Waals surface area contributed by atoms with Crippen molar-refractivity contribution < 1.29 is 38.5 Å². The van der Waals surface area contributed by atoms with E-state index in [1.165, 1.54) is 28.4 Å². The summed E-state index contributed by atoms with van der Waals surface area (Å²) in [6, 6.07) is 13.9. The number of likely N-dealkylation sites (tertiary alicyclic amines) is 2. The molecule has 2 aliphatic rings. The third kappa shape index (κ3) is 8.09. The summed E-state index contributed by atoms with van der Waals surface area (Å²) in [5, 5.41) is 12.1. The number of carboxylic acid groups (broad SMARTS) is 1. The Balaban J connectivity index is 1.11. The van der Waals surface area contributed by atoms with E-state index in [4.69, 9.17) is 9.47 Å². The second-order valence-corrected chi connectivity index (χ2v) is 13.4. The molecule has 2 saturated heterocycles. The van der Waals surface area contributed by atoms with Crippen LogP contribution < -0.4 is 5.32 Å². The molecule has 0 bridgehead atoms. The molecule has 4 amide bonds. The number of imidazole rings is 2. The largest absolute Gasteiger partial charge is 0.465 e. The SMILES string of the molecule is COC[C@H](NC(=O)OC)C(=O)N1CCC[C@H]1c1ncc(-c2ccc(-c3ccc(-c4cnc([C@@H]5CCCN5C(=O)[C@H](COC)N(C)C(=O)O)[nH]4)cc3)cc2)[nH]1. The van der Waals surface area contributed by atoms with Crippen molar-refractivity contribution in [2.45, 2.75) is 49.9 Å². The molecule has 0 unspecified atom stereocenters. The Hall–Kier alpha value is -5.74. The summed E-state index contributed by atoms with van der Waals surface area (Å²) in [6.45, 7) is 1.04. The molecule has 2 aliphatic heterocycles. The number of alkyl carbamates (subject to hydrolysis) is 1. The Morgan fingerprint density at radius 3 is 1.69 bits per heavy atom. The molecule has 4 atom stereocenters. The molecule has 54 heavy (non-hydrogen) atoms. The van der Waals surface area contributed by atoms with Crippen LogP contribution in [0.4, 0.5) is 9.59 Å². The number of methoxy groups -OCH3 is 3. The molecule has 2 aromatic heterocycles. The zero-order valence-electron chi connectivity index (χ0n) is 30.8. The topological polar surface area (TPSA) is 195 Å². The molecule has 16 nitrogen and oxygen atoms in total. The van der Waals surface area contributed by atoms with Crippen molar-refractivity contribution in [1.29, 1.82) is 0 Å². The second kappa shape index (κ2) is 16.9. The van der Waals surface area contributed by atoms with Gasteiger partial charge in [0.2, 0.25) is 11.8 Å². The van der Waals surface area contributed by atoms with Crippen LogP contribution in [0.15, 0.2) is 60.9 Å². The van der Waals surface area contributed by atoms with Gasteiger partial charge in [-0.15, -0.1) is 0 Å². The molecular weight excluding hydrogens is 696 g/mol. The van der Waals surface area contributed by atoms with E-state index in [1.54, 1.807) is 22.2 Å². The molecule has 0 radical (unpaired) electrons. The van der Waals surface area contributed by atoms with Gasteiger partial charge in [0, 0.05) is 34.4 Å². The fraction of sp³-hybridized carbons (Fsp3) is 0.421. The molecule has 4 aromatic rings. The number of aromatic amines is 2. The number of likely N-dealkylation sites (N-methyl/N-ethyl adjacent to an activating group) is 1. The standard InChI is InChI=1S/C38H46N8O8/c1-44(38(50)51)32(22-53-3)36(48)46-18-6-8-31(46)34-40-20-28(42-34)26-15-11-24(12-16-26)23-9-13-25(14-10-23)27-19-39-33(41-27)30-7-5-17-45(30)35(47)29(21-52-2)43-37(49)54-4/h9-16,19-20,29-32H,5-8,17-18,21-22H2,1-4H3,(H,39,41)(H,40,42)(H,43,49)(H,50,51)/t29-,30-,31-,32-/m0/s1. The Kier molecular flexibility index (Phi) is 11.9. The van der Waals surface area contributed by atoms with Gasteiger partial charge in [0.1, 0.15) is 23.7 Å². The van der Waals surface area contributed by atoms with Crippen molar-refractivity contribution in [3.8, 4) is 33.6 Å². The normalized spacial score (nSPS) is 18.0. The van der Waals surface area contributed by atoms with Crippen molar-refractivity contribution in [2.24, 2.45) is 0 Å². The number of rotatable bonds is 13. The first-order valence-electron chi connectivity index (χ1n) is 17.8. The first-order valence-corrected chi connectivity index (χ1v) is 17.8. The minimum Gasteiger partial charge on any atom is -0.465 e. The fourth-order valence-electron chi connectivity index (χ4n) is 7.19. The van der Waals surface area contributed by atoms with Gasteiger partial charge in [-0.25, -0.2) is 19.6 Å². The average molecular weight is 743 g/mol. The zero-order valence-corrected chi connectivity index (χ0v) is 30.8. The molecule has 2 aromatic carbocycles. The van der Waals surface area contributed by atoms with Gasteiger partial charge in [0.25, 0.3) is 0 Å². The van der Waals surface area contributed by atoms with Crippen molar-refractivity contribution in [3.05, 3.63) is 72.6 Å². The minimum absolute atomic E-state index is 0.0235. The minimum atomic E-state index is -1.19. The summed E-state index contributed by atoms with van der Waals surface area (Å²) in [5.41, 5.74) is 5.58. The highest BCUT2D eigenvalue weighted by molar-refractivity contribution is 5.87. The van der Waals surface area contributed by atoms with E-state index in [9.17, 15) is 24.3 Å². The van der Waals surface area contributed by atoms with E-state index in [0.29, 0.717) is 31.2 Å². The number of H-pyrrole nitrogens is 2. The summed E-state index contributed by atoms with van der Waals surface area (Å²) in [7, 11) is 5.54. The lowest BCUT2D eigenvalue weighted by atomic mass is 10.0. The maximum absolute atomic E-state index is 13.4. The number of aromatic nitrogens is 4. The Morgan fingerprint density at radius 1 is 0.778 bits per heavy atom. The van der Waals surface area contributed by atoms with Gasteiger partial charge in [-0.1, -0.05) is 48.5 Å². The quantitative estimate of drug-likeness (QED) is 0.152. The molecule has 0 aliphatic carbocycles. The third-order valence-electron chi connectivity index (χ3n) is 10.1. The molecule has 0 spiro atoms. The lowest BCUT2D eigenvalue weighted by Gasteiger charge is -2.31. The summed E-state index contributed by atoms with van der Waals surface area (Å²) in [4.78, 5) is 70.7.